The molecule has 0 amide bonds. The van der Waals surface area contributed by atoms with Crippen LogP contribution in [0.15, 0.2) is 12.1 Å². The maximum absolute atomic E-state index is 6.02. The molecule has 0 saturated carbocycles. The molecule has 1 aliphatic rings. The average Bonchev–Trinajstić information content (AvgIpc) is 2.87. The van der Waals surface area contributed by atoms with Gasteiger partial charge in [-0.3, -0.25) is 0 Å². The summed E-state index contributed by atoms with van der Waals surface area (Å²) in [7, 11) is 0. The highest BCUT2D eigenvalue weighted by molar-refractivity contribution is 6.17. The van der Waals surface area contributed by atoms with E-state index in [1.807, 2.05) is 0 Å². The molecule has 0 spiro atoms. The molecule has 1 unspecified atom stereocenters. The van der Waals surface area contributed by atoms with Gasteiger partial charge in [0, 0.05) is 24.7 Å². The highest BCUT2D eigenvalue weighted by Gasteiger charge is 2.26. The number of halogens is 1. The second kappa shape index (κ2) is 6.13. The second-order valence-corrected chi connectivity index (χ2v) is 6.55. The van der Waals surface area contributed by atoms with Crippen LogP contribution in [-0.2, 0) is 5.88 Å². The molecule has 2 heterocycles. The lowest BCUT2D eigenvalue weighted by Gasteiger charge is -2.21. The molecule has 1 saturated heterocycles. The molecule has 3 heteroatoms. The van der Waals surface area contributed by atoms with Gasteiger partial charge in [-0.25, -0.2) is 4.98 Å². The Morgan fingerprint density at radius 2 is 2.05 bits per heavy atom. The minimum Gasteiger partial charge on any atom is -0.356 e. The Labute approximate surface area is 122 Å². The van der Waals surface area contributed by atoms with Crippen molar-refractivity contribution < 1.29 is 0 Å². The lowest BCUT2D eigenvalue weighted by Crippen LogP contribution is -2.22. The largest absolute Gasteiger partial charge is 0.356 e. The van der Waals surface area contributed by atoms with Gasteiger partial charge in [0.1, 0.15) is 5.82 Å². The van der Waals surface area contributed by atoms with Crippen LogP contribution in [0.4, 0.5) is 5.82 Å². The molecular weight excluding hydrogens is 256 g/mol. The highest BCUT2D eigenvalue weighted by Crippen LogP contribution is 2.29. The van der Waals surface area contributed by atoms with Crippen molar-refractivity contribution in [3.05, 3.63) is 23.4 Å². The SMILES string of the molecule is CC(C)c1cc(CCl)cc(N2CCC(C(C)C)C2)n1. The van der Waals surface area contributed by atoms with Gasteiger partial charge in [-0.05, 0) is 41.9 Å². The van der Waals surface area contributed by atoms with Crippen LogP contribution in [0.1, 0.15) is 51.3 Å². The van der Waals surface area contributed by atoms with Crippen molar-refractivity contribution in [2.45, 2.75) is 45.9 Å². The lowest BCUT2D eigenvalue weighted by atomic mass is 9.95. The zero-order valence-corrected chi connectivity index (χ0v) is 13.2. The van der Waals surface area contributed by atoms with Crippen LogP contribution in [0.3, 0.4) is 0 Å². The minimum absolute atomic E-state index is 0.449. The molecule has 2 rings (SSSR count). The fourth-order valence-electron chi connectivity index (χ4n) is 2.67. The minimum atomic E-state index is 0.449. The first kappa shape index (κ1) is 14.6. The average molecular weight is 281 g/mol. The molecule has 19 heavy (non-hydrogen) atoms. The van der Waals surface area contributed by atoms with Gasteiger partial charge in [0.25, 0.3) is 0 Å². The van der Waals surface area contributed by atoms with E-state index in [9.17, 15) is 0 Å². The Kier molecular flexibility index (Phi) is 4.72. The topological polar surface area (TPSA) is 16.1 Å². The molecular formula is C16H25ClN2. The fraction of sp³-hybridized carbons (Fsp3) is 0.688. The fourth-order valence-corrected chi connectivity index (χ4v) is 2.82. The van der Waals surface area contributed by atoms with Gasteiger partial charge in [-0.1, -0.05) is 27.7 Å². The van der Waals surface area contributed by atoms with Crippen molar-refractivity contribution in [3.8, 4) is 0 Å². The predicted molar refractivity (Wildman–Crippen MR) is 83.0 cm³/mol. The number of anilines is 1. The Morgan fingerprint density at radius 3 is 2.58 bits per heavy atom. The second-order valence-electron chi connectivity index (χ2n) is 6.29. The number of alkyl halides is 1. The first-order chi connectivity index (χ1) is 9.01. The van der Waals surface area contributed by atoms with Crippen LogP contribution < -0.4 is 4.90 Å². The third-order valence-electron chi connectivity index (χ3n) is 4.13. The molecule has 0 bridgehead atoms. The zero-order chi connectivity index (χ0) is 14.0. The van der Waals surface area contributed by atoms with Gasteiger partial charge < -0.3 is 4.90 Å². The van der Waals surface area contributed by atoms with Crippen molar-refractivity contribution >= 4 is 17.4 Å². The third-order valence-corrected chi connectivity index (χ3v) is 4.44. The van der Waals surface area contributed by atoms with Crippen molar-refractivity contribution in [2.75, 3.05) is 18.0 Å². The summed E-state index contributed by atoms with van der Waals surface area (Å²) in [6.07, 6.45) is 1.28. The van der Waals surface area contributed by atoms with Crippen LogP contribution in [0.2, 0.25) is 0 Å². The van der Waals surface area contributed by atoms with E-state index >= 15 is 0 Å². The number of pyridine rings is 1. The summed E-state index contributed by atoms with van der Waals surface area (Å²) in [4.78, 5) is 7.25. The Balaban J connectivity index is 2.22. The number of hydrogen-bond donors (Lipinski definition) is 0. The zero-order valence-electron chi connectivity index (χ0n) is 12.5. The first-order valence-corrected chi connectivity index (χ1v) is 7.86. The molecule has 1 atom stereocenters. The quantitative estimate of drug-likeness (QED) is 0.759. The summed E-state index contributed by atoms with van der Waals surface area (Å²) >= 11 is 6.02. The summed E-state index contributed by atoms with van der Waals surface area (Å²) in [6.45, 7) is 11.3. The summed E-state index contributed by atoms with van der Waals surface area (Å²) in [5.41, 5.74) is 2.34. The first-order valence-electron chi connectivity index (χ1n) is 7.33. The predicted octanol–water partition coefficient (Wildman–Crippen LogP) is 4.43. The molecule has 1 aromatic rings. The third kappa shape index (κ3) is 3.42. The van der Waals surface area contributed by atoms with Gasteiger partial charge in [0.05, 0.1) is 0 Å². The molecule has 1 aliphatic heterocycles. The van der Waals surface area contributed by atoms with Gasteiger partial charge in [-0.2, -0.15) is 0 Å². The molecule has 0 N–H and O–H groups in total. The number of aromatic nitrogens is 1. The highest BCUT2D eigenvalue weighted by atomic mass is 35.5. The number of rotatable bonds is 4. The Hall–Kier alpha value is -0.760. The Morgan fingerprint density at radius 1 is 1.32 bits per heavy atom. The molecule has 106 valence electrons. The number of nitrogens with zero attached hydrogens (tertiary/aromatic N) is 2. The maximum Gasteiger partial charge on any atom is 0.129 e. The standard InChI is InChI=1S/C16H25ClN2/c1-11(2)14-5-6-19(10-14)16-8-13(9-17)7-15(18-16)12(3)4/h7-8,11-12,14H,5-6,9-10H2,1-4H3. The molecule has 0 aliphatic carbocycles. The van der Waals surface area contributed by atoms with E-state index in [0.717, 1.165) is 36.4 Å². The summed E-state index contributed by atoms with van der Waals surface area (Å²) in [5, 5.41) is 0. The van der Waals surface area contributed by atoms with E-state index in [1.165, 1.54) is 12.0 Å². The van der Waals surface area contributed by atoms with Crippen molar-refractivity contribution in [3.63, 3.8) is 0 Å². The van der Waals surface area contributed by atoms with Gasteiger partial charge in [0.15, 0.2) is 0 Å². The molecule has 2 nitrogen and oxygen atoms in total. The molecule has 1 aromatic heterocycles. The summed E-state index contributed by atoms with van der Waals surface area (Å²) < 4.78 is 0. The van der Waals surface area contributed by atoms with Gasteiger partial charge >= 0.3 is 0 Å². The maximum atomic E-state index is 6.02. The molecule has 0 radical (unpaired) electrons. The Bertz CT molecular complexity index is 429. The van der Waals surface area contributed by atoms with E-state index in [-0.39, 0.29) is 0 Å². The lowest BCUT2D eigenvalue weighted by molar-refractivity contribution is 0.422. The summed E-state index contributed by atoms with van der Waals surface area (Å²) in [5.74, 6) is 3.68. The molecule has 0 aromatic carbocycles. The molecule has 1 fully saturated rings. The normalized spacial score (nSPS) is 19.7. The van der Waals surface area contributed by atoms with E-state index in [4.69, 9.17) is 16.6 Å². The van der Waals surface area contributed by atoms with Crippen molar-refractivity contribution in [1.82, 2.24) is 4.98 Å². The van der Waals surface area contributed by atoms with Crippen LogP contribution in [0, 0.1) is 11.8 Å². The van der Waals surface area contributed by atoms with E-state index < -0.39 is 0 Å². The monoisotopic (exact) mass is 280 g/mol. The van der Waals surface area contributed by atoms with Crippen LogP contribution in [0.25, 0.3) is 0 Å². The van der Waals surface area contributed by atoms with E-state index in [0.29, 0.717) is 11.8 Å². The van der Waals surface area contributed by atoms with Crippen LogP contribution in [0.5, 0.6) is 0 Å². The smallest absolute Gasteiger partial charge is 0.129 e. The van der Waals surface area contributed by atoms with Crippen molar-refractivity contribution in [1.29, 1.82) is 0 Å². The number of hydrogen-bond acceptors (Lipinski definition) is 2. The summed E-state index contributed by atoms with van der Waals surface area (Å²) in [6, 6.07) is 4.29. The van der Waals surface area contributed by atoms with Crippen LogP contribution in [-0.4, -0.2) is 18.1 Å². The van der Waals surface area contributed by atoms with E-state index in [1.54, 1.807) is 0 Å². The van der Waals surface area contributed by atoms with Gasteiger partial charge in [0.2, 0.25) is 0 Å². The van der Waals surface area contributed by atoms with Crippen molar-refractivity contribution in [2.24, 2.45) is 11.8 Å². The van der Waals surface area contributed by atoms with Crippen LogP contribution >= 0.6 is 11.6 Å². The van der Waals surface area contributed by atoms with E-state index in [2.05, 4.69) is 44.7 Å². The van der Waals surface area contributed by atoms with Gasteiger partial charge in [-0.15, -0.1) is 11.6 Å².